The Kier molecular flexibility index (Phi) is 6.26. The van der Waals surface area contributed by atoms with Crippen molar-refractivity contribution in [1.82, 2.24) is 10.6 Å². The van der Waals surface area contributed by atoms with E-state index in [4.69, 9.17) is 28.6 Å². The van der Waals surface area contributed by atoms with Gasteiger partial charge in [0, 0.05) is 11.1 Å². The molecule has 0 atom stereocenters. The van der Waals surface area contributed by atoms with Crippen LogP contribution in [0.2, 0.25) is 5.02 Å². The molecule has 0 heterocycles. The van der Waals surface area contributed by atoms with Crippen molar-refractivity contribution >= 4 is 34.8 Å². The third-order valence-electron chi connectivity index (χ3n) is 3.38. The molecule has 1 aromatic carbocycles. The average Bonchev–Trinajstić information content (AvgIpc) is 2.47. The summed E-state index contributed by atoms with van der Waals surface area (Å²) >= 11 is 10.9. The third-order valence-corrected chi connectivity index (χ3v) is 3.85. The number of nitrogens with one attached hydrogen (secondary N) is 2. The highest BCUT2D eigenvalue weighted by molar-refractivity contribution is 7.80. The van der Waals surface area contributed by atoms with Gasteiger partial charge in [0.25, 0.3) is 5.91 Å². The van der Waals surface area contributed by atoms with Crippen LogP contribution in [0.5, 0.6) is 5.75 Å². The van der Waals surface area contributed by atoms with Crippen molar-refractivity contribution in [2.75, 3.05) is 6.61 Å². The minimum absolute atomic E-state index is 0.0753. The summed E-state index contributed by atoms with van der Waals surface area (Å²) in [6, 6.07) is 7.24. The molecule has 0 radical (unpaired) electrons. The zero-order valence-electron chi connectivity index (χ0n) is 11.7. The quantitative estimate of drug-likeness (QED) is 0.835. The van der Waals surface area contributed by atoms with E-state index < -0.39 is 0 Å². The minimum atomic E-state index is -0.266. The van der Waals surface area contributed by atoms with Crippen LogP contribution in [-0.2, 0) is 4.79 Å². The highest BCUT2D eigenvalue weighted by Gasteiger charge is 2.15. The fourth-order valence-electron chi connectivity index (χ4n) is 2.31. The molecule has 1 aliphatic rings. The molecule has 0 saturated heterocycles. The predicted octanol–water partition coefficient (Wildman–Crippen LogP) is 3.04. The van der Waals surface area contributed by atoms with E-state index in [2.05, 4.69) is 10.6 Å². The van der Waals surface area contributed by atoms with Crippen molar-refractivity contribution < 1.29 is 9.53 Å². The Morgan fingerprint density at radius 3 is 2.57 bits per heavy atom. The van der Waals surface area contributed by atoms with Crippen LogP contribution in [0.3, 0.4) is 0 Å². The first-order chi connectivity index (χ1) is 10.1. The third kappa shape index (κ3) is 5.89. The molecule has 1 aromatic rings. The number of ether oxygens (including phenoxy) is 1. The van der Waals surface area contributed by atoms with Gasteiger partial charge in [-0.15, -0.1) is 0 Å². The van der Waals surface area contributed by atoms with Crippen LogP contribution in [0.1, 0.15) is 32.1 Å². The fourth-order valence-corrected chi connectivity index (χ4v) is 2.72. The number of carbonyl (C=O) groups excluding carboxylic acids is 1. The number of thiocarbonyl (C=S) groups is 1. The Morgan fingerprint density at radius 1 is 1.24 bits per heavy atom. The molecule has 4 nitrogen and oxygen atoms in total. The van der Waals surface area contributed by atoms with E-state index in [-0.39, 0.29) is 12.5 Å². The van der Waals surface area contributed by atoms with Crippen molar-refractivity contribution in [2.24, 2.45) is 0 Å². The van der Waals surface area contributed by atoms with Gasteiger partial charge in [-0.25, -0.2) is 0 Å². The number of carbonyl (C=O) groups is 1. The number of amides is 1. The van der Waals surface area contributed by atoms with E-state index in [1.54, 1.807) is 24.3 Å². The molecule has 1 amide bonds. The summed E-state index contributed by atoms with van der Waals surface area (Å²) in [5.41, 5.74) is 0. The van der Waals surface area contributed by atoms with E-state index in [9.17, 15) is 4.79 Å². The average molecular weight is 327 g/mol. The van der Waals surface area contributed by atoms with Gasteiger partial charge in [0.1, 0.15) is 5.75 Å². The Labute approximate surface area is 135 Å². The van der Waals surface area contributed by atoms with Gasteiger partial charge in [0.05, 0.1) is 0 Å². The molecular weight excluding hydrogens is 308 g/mol. The van der Waals surface area contributed by atoms with Crippen LogP contribution in [0, 0.1) is 0 Å². The van der Waals surface area contributed by atoms with Gasteiger partial charge in [-0.2, -0.15) is 0 Å². The maximum Gasteiger partial charge on any atom is 0.264 e. The largest absolute Gasteiger partial charge is 0.484 e. The normalized spacial score (nSPS) is 15.3. The molecule has 1 aliphatic carbocycles. The lowest BCUT2D eigenvalue weighted by molar-refractivity contribution is -0.121. The van der Waals surface area contributed by atoms with E-state index in [0.29, 0.717) is 21.9 Å². The van der Waals surface area contributed by atoms with Crippen molar-refractivity contribution in [2.45, 2.75) is 38.1 Å². The standard InChI is InChI=1S/C15H19ClN2O2S/c16-11-6-8-13(9-7-11)20-10-14(19)18-15(21)17-12-4-2-1-3-5-12/h6-9,12H,1-5,10H2,(H2,17,18,19,21). The van der Waals surface area contributed by atoms with Gasteiger partial charge < -0.3 is 15.4 Å². The number of rotatable bonds is 4. The van der Waals surface area contributed by atoms with E-state index >= 15 is 0 Å². The summed E-state index contributed by atoms with van der Waals surface area (Å²) < 4.78 is 5.36. The molecule has 0 unspecified atom stereocenters. The molecule has 0 spiro atoms. The highest BCUT2D eigenvalue weighted by Crippen LogP contribution is 2.17. The first-order valence-corrected chi connectivity index (χ1v) is 7.91. The second-order valence-electron chi connectivity index (χ2n) is 5.10. The maximum atomic E-state index is 11.7. The molecular formula is C15H19ClN2O2S. The molecule has 1 fully saturated rings. The summed E-state index contributed by atoms with van der Waals surface area (Å²) in [5.74, 6) is 0.332. The monoisotopic (exact) mass is 326 g/mol. The smallest absolute Gasteiger partial charge is 0.264 e. The fraction of sp³-hybridized carbons (Fsp3) is 0.467. The second-order valence-corrected chi connectivity index (χ2v) is 5.94. The Hall–Kier alpha value is -1.33. The molecule has 2 rings (SSSR count). The number of hydrogen-bond donors (Lipinski definition) is 2. The number of benzene rings is 1. The molecule has 2 N–H and O–H groups in total. The molecule has 1 saturated carbocycles. The summed E-state index contributed by atoms with van der Waals surface area (Å²) in [7, 11) is 0. The maximum absolute atomic E-state index is 11.7. The van der Waals surface area contributed by atoms with Gasteiger partial charge in [-0.1, -0.05) is 30.9 Å². The first kappa shape index (κ1) is 16.0. The van der Waals surface area contributed by atoms with Crippen LogP contribution in [-0.4, -0.2) is 23.7 Å². The second kappa shape index (κ2) is 8.20. The molecule has 21 heavy (non-hydrogen) atoms. The number of hydrogen-bond acceptors (Lipinski definition) is 3. The first-order valence-electron chi connectivity index (χ1n) is 7.12. The van der Waals surface area contributed by atoms with Crippen molar-refractivity contribution in [1.29, 1.82) is 0 Å². The Morgan fingerprint density at radius 2 is 1.90 bits per heavy atom. The SMILES string of the molecule is O=C(COc1ccc(Cl)cc1)NC(=S)NC1CCCCC1. The van der Waals surface area contributed by atoms with Crippen LogP contribution < -0.4 is 15.4 Å². The summed E-state index contributed by atoms with van der Waals surface area (Å²) in [6.45, 7) is -0.0753. The van der Waals surface area contributed by atoms with Crippen LogP contribution >= 0.6 is 23.8 Å². The lowest BCUT2D eigenvalue weighted by Gasteiger charge is -2.24. The highest BCUT2D eigenvalue weighted by atomic mass is 35.5. The Balaban J connectivity index is 1.68. The molecule has 0 bridgehead atoms. The Bertz CT molecular complexity index is 487. The molecule has 0 aliphatic heterocycles. The van der Waals surface area contributed by atoms with E-state index in [0.717, 1.165) is 12.8 Å². The summed E-state index contributed by atoms with van der Waals surface area (Å²) in [6.07, 6.45) is 5.93. The summed E-state index contributed by atoms with van der Waals surface area (Å²) in [4.78, 5) is 11.7. The lowest BCUT2D eigenvalue weighted by Crippen LogP contribution is -2.46. The van der Waals surface area contributed by atoms with Crippen LogP contribution in [0.25, 0.3) is 0 Å². The van der Waals surface area contributed by atoms with Gasteiger partial charge in [0.15, 0.2) is 11.7 Å². The van der Waals surface area contributed by atoms with Crippen LogP contribution in [0.4, 0.5) is 0 Å². The predicted molar refractivity (Wildman–Crippen MR) is 87.7 cm³/mol. The lowest BCUT2D eigenvalue weighted by atomic mass is 9.96. The van der Waals surface area contributed by atoms with Crippen molar-refractivity contribution in [3.63, 3.8) is 0 Å². The zero-order chi connectivity index (χ0) is 15.1. The van der Waals surface area contributed by atoms with Gasteiger partial charge in [-0.05, 0) is 49.3 Å². The van der Waals surface area contributed by atoms with E-state index in [1.165, 1.54) is 19.3 Å². The molecule has 114 valence electrons. The molecule has 6 heteroatoms. The van der Waals surface area contributed by atoms with Crippen molar-refractivity contribution in [3.8, 4) is 5.75 Å². The minimum Gasteiger partial charge on any atom is -0.484 e. The summed E-state index contributed by atoms with van der Waals surface area (Å²) in [5, 5.41) is 6.83. The number of halogens is 1. The van der Waals surface area contributed by atoms with Gasteiger partial charge in [-0.3, -0.25) is 4.79 Å². The van der Waals surface area contributed by atoms with Gasteiger partial charge >= 0.3 is 0 Å². The zero-order valence-corrected chi connectivity index (χ0v) is 13.3. The van der Waals surface area contributed by atoms with E-state index in [1.807, 2.05) is 0 Å². The van der Waals surface area contributed by atoms with Crippen LogP contribution in [0.15, 0.2) is 24.3 Å². The topological polar surface area (TPSA) is 50.4 Å². The molecule has 0 aromatic heterocycles. The van der Waals surface area contributed by atoms with Crippen molar-refractivity contribution in [3.05, 3.63) is 29.3 Å². The van der Waals surface area contributed by atoms with Gasteiger partial charge in [0.2, 0.25) is 0 Å².